The maximum Gasteiger partial charge on any atom is 0.262 e. The fourth-order valence-corrected chi connectivity index (χ4v) is 4.46. The van der Waals surface area contributed by atoms with Crippen LogP contribution in [0.3, 0.4) is 0 Å². The molecule has 0 fully saturated rings. The van der Waals surface area contributed by atoms with Gasteiger partial charge in [-0.15, -0.1) is 10.2 Å². The summed E-state index contributed by atoms with van der Waals surface area (Å²) in [6.45, 7) is 4.99. The summed E-state index contributed by atoms with van der Waals surface area (Å²) < 4.78 is 3.81. The van der Waals surface area contributed by atoms with Crippen molar-refractivity contribution >= 4 is 28.4 Å². The number of nitrogens with zero attached hydrogens (tertiary/aromatic N) is 4. The summed E-state index contributed by atoms with van der Waals surface area (Å²) >= 11 is 1.66. The summed E-state index contributed by atoms with van der Waals surface area (Å²) in [7, 11) is 0. The van der Waals surface area contributed by atoms with Gasteiger partial charge in [0.1, 0.15) is 0 Å². The van der Waals surface area contributed by atoms with E-state index in [0.29, 0.717) is 17.7 Å². The molecule has 2 heterocycles. The minimum Gasteiger partial charge on any atom is -0.276 e. The Kier molecular flexibility index (Phi) is 5.48. The van der Waals surface area contributed by atoms with E-state index in [1.54, 1.807) is 16.3 Å². The molecule has 0 N–H and O–H groups in total. The van der Waals surface area contributed by atoms with Crippen molar-refractivity contribution < 1.29 is 0 Å². The van der Waals surface area contributed by atoms with Crippen LogP contribution in [0.2, 0.25) is 0 Å². The van der Waals surface area contributed by atoms with Crippen LogP contribution < -0.4 is 5.56 Å². The van der Waals surface area contributed by atoms with Gasteiger partial charge in [0, 0.05) is 11.8 Å². The van der Waals surface area contributed by atoms with Gasteiger partial charge >= 0.3 is 0 Å². The first kappa shape index (κ1) is 18.7. The molecule has 2 aromatic carbocycles. The van der Waals surface area contributed by atoms with E-state index in [-0.39, 0.29) is 10.8 Å². The van der Waals surface area contributed by atoms with Crippen molar-refractivity contribution in [3.8, 4) is 0 Å². The second-order valence-corrected chi connectivity index (χ2v) is 8.28. The molecule has 0 aliphatic carbocycles. The van der Waals surface area contributed by atoms with Gasteiger partial charge in [0.05, 0.1) is 10.9 Å². The lowest BCUT2D eigenvalue weighted by Crippen LogP contribution is -2.23. The van der Waals surface area contributed by atoms with Gasteiger partial charge in [-0.2, -0.15) is 0 Å². The summed E-state index contributed by atoms with van der Waals surface area (Å²) in [4.78, 5) is 13.1. The lowest BCUT2D eigenvalue weighted by molar-refractivity contribution is 0.594. The molecular weight excluding hydrogens is 368 g/mol. The molecule has 144 valence electrons. The number of unbranched alkanes of at least 4 members (excludes halogenated alkanes) is 2. The third-order valence-corrected chi connectivity index (χ3v) is 6.12. The van der Waals surface area contributed by atoms with Gasteiger partial charge in [-0.3, -0.25) is 13.8 Å². The largest absolute Gasteiger partial charge is 0.276 e. The van der Waals surface area contributed by atoms with Crippen molar-refractivity contribution in [2.24, 2.45) is 0 Å². The van der Waals surface area contributed by atoms with Gasteiger partial charge < -0.3 is 0 Å². The van der Waals surface area contributed by atoms with E-state index in [0.717, 1.165) is 29.9 Å². The van der Waals surface area contributed by atoms with Crippen molar-refractivity contribution in [1.29, 1.82) is 0 Å². The SMILES string of the molecule is CCCCCn1c(=O)c2ccccc2n2c(SC(C)c3ccccc3)nnc12. The summed E-state index contributed by atoms with van der Waals surface area (Å²) in [6, 6.07) is 18.1. The Morgan fingerprint density at radius 1 is 1.00 bits per heavy atom. The lowest BCUT2D eigenvalue weighted by atomic mass is 10.2. The molecule has 2 aromatic heterocycles. The fraction of sp³-hybridized carbons (Fsp3) is 0.318. The highest BCUT2D eigenvalue weighted by Gasteiger charge is 2.18. The van der Waals surface area contributed by atoms with Crippen LogP contribution in [0.25, 0.3) is 16.7 Å². The van der Waals surface area contributed by atoms with E-state index in [1.807, 2.05) is 34.7 Å². The Morgan fingerprint density at radius 3 is 2.54 bits per heavy atom. The molecule has 4 aromatic rings. The van der Waals surface area contributed by atoms with Crippen LogP contribution >= 0.6 is 11.8 Å². The summed E-state index contributed by atoms with van der Waals surface area (Å²) in [6.07, 6.45) is 3.16. The molecule has 0 radical (unpaired) electrons. The van der Waals surface area contributed by atoms with Crippen LogP contribution in [0.4, 0.5) is 0 Å². The zero-order valence-corrected chi connectivity index (χ0v) is 17.0. The maximum atomic E-state index is 13.1. The molecule has 0 bridgehead atoms. The molecular formula is C22H24N4OS. The molecule has 0 saturated heterocycles. The second-order valence-electron chi connectivity index (χ2n) is 6.97. The number of hydrogen-bond acceptors (Lipinski definition) is 4. The van der Waals surface area contributed by atoms with Gasteiger partial charge in [-0.25, -0.2) is 0 Å². The van der Waals surface area contributed by atoms with Gasteiger partial charge in [-0.05, 0) is 31.0 Å². The van der Waals surface area contributed by atoms with E-state index < -0.39 is 0 Å². The predicted molar refractivity (Wildman–Crippen MR) is 115 cm³/mol. The Bertz CT molecular complexity index is 1150. The van der Waals surface area contributed by atoms with Crippen LogP contribution in [0.1, 0.15) is 43.9 Å². The van der Waals surface area contributed by atoms with Gasteiger partial charge in [-0.1, -0.05) is 74.0 Å². The van der Waals surface area contributed by atoms with Gasteiger partial charge in [0.2, 0.25) is 5.78 Å². The van der Waals surface area contributed by atoms with E-state index in [1.165, 1.54) is 5.56 Å². The molecule has 0 amide bonds. The second kappa shape index (κ2) is 8.19. The first-order valence-corrected chi connectivity index (χ1v) is 10.7. The number of aromatic nitrogens is 4. The number of hydrogen-bond donors (Lipinski definition) is 0. The van der Waals surface area contributed by atoms with Crippen LogP contribution in [0.15, 0.2) is 64.5 Å². The zero-order chi connectivity index (χ0) is 19.5. The van der Waals surface area contributed by atoms with Crippen LogP contribution in [0.5, 0.6) is 0 Å². The molecule has 5 nitrogen and oxygen atoms in total. The smallest absolute Gasteiger partial charge is 0.262 e. The Labute approximate surface area is 168 Å². The van der Waals surface area contributed by atoms with Crippen molar-refractivity contribution in [2.75, 3.05) is 0 Å². The molecule has 0 aliphatic rings. The lowest BCUT2D eigenvalue weighted by Gasteiger charge is -2.13. The third kappa shape index (κ3) is 3.44. The van der Waals surface area contributed by atoms with Crippen LogP contribution in [0, 0.1) is 0 Å². The van der Waals surface area contributed by atoms with E-state index in [9.17, 15) is 4.79 Å². The van der Waals surface area contributed by atoms with Gasteiger partial charge in [0.25, 0.3) is 5.56 Å². The number of thioether (sulfide) groups is 1. The molecule has 0 saturated carbocycles. The standard InChI is InChI=1S/C22H24N4OS/c1-3-4-10-15-25-20(27)18-13-8-9-14-19(18)26-21(25)23-24-22(26)28-16(2)17-11-6-5-7-12-17/h5-9,11-14,16H,3-4,10,15H2,1-2H3. The van der Waals surface area contributed by atoms with Crippen LogP contribution in [-0.2, 0) is 6.54 Å². The predicted octanol–water partition coefficient (Wildman–Crippen LogP) is 5.09. The molecule has 1 atom stereocenters. The highest BCUT2D eigenvalue weighted by molar-refractivity contribution is 7.99. The fourth-order valence-electron chi connectivity index (χ4n) is 3.48. The maximum absolute atomic E-state index is 13.1. The minimum absolute atomic E-state index is 0.0132. The number of aryl methyl sites for hydroxylation is 1. The normalized spacial score (nSPS) is 12.6. The summed E-state index contributed by atoms with van der Waals surface area (Å²) in [5.41, 5.74) is 2.12. The average Bonchev–Trinajstić information content (AvgIpc) is 3.14. The van der Waals surface area contributed by atoms with Crippen molar-refractivity contribution in [3.05, 3.63) is 70.5 Å². The molecule has 0 aliphatic heterocycles. The first-order chi connectivity index (χ1) is 13.7. The summed E-state index contributed by atoms with van der Waals surface area (Å²) in [5.74, 6) is 0.627. The highest BCUT2D eigenvalue weighted by atomic mass is 32.2. The van der Waals surface area contributed by atoms with Crippen molar-refractivity contribution in [1.82, 2.24) is 19.2 Å². The van der Waals surface area contributed by atoms with Crippen molar-refractivity contribution in [3.63, 3.8) is 0 Å². The van der Waals surface area contributed by atoms with Gasteiger partial charge in [0.15, 0.2) is 5.16 Å². The minimum atomic E-state index is 0.0132. The summed E-state index contributed by atoms with van der Waals surface area (Å²) in [5, 5.41) is 10.6. The average molecular weight is 393 g/mol. The number of fused-ring (bicyclic) bond motifs is 3. The molecule has 0 spiro atoms. The quantitative estimate of drug-likeness (QED) is 0.325. The number of benzene rings is 2. The Hall–Kier alpha value is -2.60. The number of rotatable bonds is 7. The van der Waals surface area contributed by atoms with Crippen LogP contribution in [-0.4, -0.2) is 19.2 Å². The Balaban J connectivity index is 1.84. The van der Waals surface area contributed by atoms with E-state index >= 15 is 0 Å². The van der Waals surface area contributed by atoms with Crippen molar-refractivity contribution in [2.45, 2.75) is 50.1 Å². The molecule has 4 rings (SSSR count). The topological polar surface area (TPSA) is 52.2 Å². The highest BCUT2D eigenvalue weighted by Crippen LogP contribution is 2.34. The first-order valence-electron chi connectivity index (χ1n) is 9.79. The number of para-hydroxylation sites is 1. The monoisotopic (exact) mass is 392 g/mol. The zero-order valence-electron chi connectivity index (χ0n) is 16.2. The third-order valence-electron chi connectivity index (χ3n) is 5.01. The van der Waals surface area contributed by atoms with E-state index in [2.05, 4.69) is 48.3 Å². The molecule has 1 unspecified atom stereocenters. The van der Waals surface area contributed by atoms with E-state index in [4.69, 9.17) is 0 Å². The Morgan fingerprint density at radius 2 is 1.75 bits per heavy atom. The molecule has 28 heavy (non-hydrogen) atoms. The molecule has 6 heteroatoms.